The maximum absolute atomic E-state index is 12.8. The zero-order valence-corrected chi connectivity index (χ0v) is 21.9. The van der Waals surface area contributed by atoms with Gasteiger partial charge in [0.25, 0.3) is 11.8 Å². The van der Waals surface area contributed by atoms with Gasteiger partial charge in [-0.05, 0) is 50.1 Å². The van der Waals surface area contributed by atoms with E-state index in [4.69, 9.17) is 9.90 Å². The molecule has 38 heavy (non-hydrogen) atoms. The van der Waals surface area contributed by atoms with Crippen molar-refractivity contribution in [1.29, 1.82) is 0 Å². The zero-order chi connectivity index (χ0) is 28.2. The Labute approximate surface area is 223 Å². The number of benzene rings is 1. The second-order valence-corrected chi connectivity index (χ2v) is 9.51. The van der Waals surface area contributed by atoms with Crippen LogP contribution in [0.5, 0.6) is 0 Å². The molecule has 204 valence electrons. The van der Waals surface area contributed by atoms with Crippen molar-refractivity contribution in [2.24, 2.45) is 0 Å². The first kappa shape index (κ1) is 28.9. The molecule has 2 aliphatic heterocycles. The highest BCUT2D eigenvalue weighted by atomic mass is 79.9. The van der Waals surface area contributed by atoms with E-state index in [-0.39, 0.29) is 23.8 Å². The third kappa shape index (κ3) is 7.01. The van der Waals surface area contributed by atoms with Crippen LogP contribution in [0.2, 0.25) is 0 Å². The van der Waals surface area contributed by atoms with E-state index in [1.165, 1.54) is 0 Å². The molecule has 1 atom stereocenters. The van der Waals surface area contributed by atoms with Crippen molar-refractivity contribution in [3.63, 3.8) is 0 Å². The van der Waals surface area contributed by atoms with Crippen molar-refractivity contribution in [1.82, 2.24) is 20.9 Å². The van der Waals surface area contributed by atoms with Gasteiger partial charge in [0.1, 0.15) is 0 Å². The summed E-state index contributed by atoms with van der Waals surface area (Å²) >= 11 is 3.45. The molecule has 1 aromatic heterocycles. The molecule has 10 nitrogen and oxygen atoms in total. The average molecular weight is 600 g/mol. The molecule has 0 bridgehead atoms. The molecule has 2 aromatic rings. The van der Waals surface area contributed by atoms with Crippen LogP contribution in [-0.4, -0.2) is 65.6 Å². The molecule has 0 radical (unpaired) electrons. The van der Waals surface area contributed by atoms with E-state index in [0.717, 1.165) is 39.1 Å². The number of carbonyl (C=O) groups is 4. The van der Waals surface area contributed by atoms with Crippen LogP contribution in [-0.2, 0) is 14.4 Å². The molecule has 1 fully saturated rings. The Bertz CT molecular complexity index is 1300. The summed E-state index contributed by atoms with van der Waals surface area (Å²) in [5.74, 6) is -3.09. The Morgan fingerprint density at radius 3 is 2.53 bits per heavy atom. The Hall–Kier alpha value is -3.65. The normalized spacial score (nSPS) is 17.7. The lowest BCUT2D eigenvalue weighted by Crippen LogP contribution is -2.52. The summed E-state index contributed by atoms with van der Waals surface area (Å²) in [7, 11) is 0. The van der Waals surface area contributed by atoms with Crippen molar-refractivity contribution >= 4 is 57.0 Å². The quantitative estimate of drug-likeness (QED) is 0.291. The minimum Gasteiger partial charge on any atom is -0.475 e. The summed E-state index contributed by atoms with van der Waals surface area (Å²) in [5.41, 5.74) is 5.01. The summed E-state index contributed by atoms with van der Waals surface area (Å²) in [4.78, 5) is 48.6. The van der Waals surface area contributed by atoms with Crippen LogP contribution < -0.4 is 21.3 Å². The number of piperazine rings is 1. The fourth-order valence-corrected chi connectivity index (χ4v) is 4.33. The number of aryl methyl sites for hydroxylation is 1. The van der Waals surface area contributed by atoms with Gasteiger partial charge in [0.05, 0.1) is 17.7 Å². The van der Waals surface area contributed by atoms with Crippen LogP contribution in [0.1, 0.15) is 39.3 Å². The van der Waals surface area contributed by atoms with Crippen molar-refractivity contribution in [2.45, 2.75) is 32.5 Å². The second-order valence-electron chi connectivity index (χ2n) is 8.60. The highest BCUT2D eigenvalue weighted by molar-refractivity contribution is 9.10. The minimum atomic E-state index is -5.08. The number of carbonyl (C=O) groups excluding carboxylic acids is 3. The molecule has 14 heteroatoms. The molecule has 4 rings (SSSR count). The van der Waals surface area contributed by atoms with Gasteiger partial charge in [-0.1, -0.05) is 15.9 Å². The molecule has 0 saturated carbocycles. The van der Waals surface area contributed by atoms with Crippen molar-refractivity contribution in [2.75, 3.05) is 25.0 Å². The van der Waals surface area contributed by atoms with Crippen LogP contribution in [0.3, 0.4) is 0 Å². The predicted octanol–water partition coefficient (Wildman–Crippen LogP) is 2.73. The number of aromatic nitrogens is 1. The molecule has 3 heterocycles. The fourth-order valence-electron chi connectivity index (χ4n) is 3.97. The van der Waals surface area contributed by atoms with Gasteiger partial charge < -0.3 is 31.4 Å². The first-order valence-corrected chi connectivity index (χ1v) is 12.2. The monoisotopic (exact) mass is 599 g/mol. The lowest BCUT2D eigenvalue weighted by molar-refractivity contribution is -0.192. The van der Waals surface area contributed by atoms with E-state index in [0.29, 0.717) is 30.8 Å². The lowest BCUT2D eigenvalue weighted by atomic mass is 10.0. The number of carboxylic acid groups (broad SMARTS) is 1. The number of halogens is 4. The van der Waals surface area contributed by atoms with E-state index >= 15 is 0 Å². The summed E-state index contributed by atoms with van der Waals surface area (Å²) < 4.78 is 32.6. The summed E-state index contributed by atoms with van der Waals surface area (Å²) in [6, 6.07) is 5.79. The molecule has 0 aliphatic carbocycles. The number of aliphatic carboxylic acids is 1. The van der Waals surface area contributed by atoms with Crippen LogP contribution >= 0.6 is 15.9 Å². The van der Waals surface area contributed by atoms with Crippen LogP contribution in [0, 0.1) is 13.8 Å². The number of anilines is 1. The molecule has 1 saturated heterocycles. The Kier molecular flexibility index (Phi) is 8.99. The molecular weight excluding hydrogens is 575 g/mol. The Balaban J connectivity index is 0.000000505. The second kappa shape index (κ2) is 11.8. The van der Waals surface area contributed by atoms with E-state index in [1.54, 1.807) is 6.08 Å². The number of carboxylic acids is 1. The van der Waals surface area contributed by atoms with Crippen molar-refractivity contribution in [3.8, 4) is 0 Å². The van der Waals surface area contributed by atoms with Crippen molar-refractivity contribution < 1.29 is 37.5 Å². The number of rotatable bonds is 5. The number of H-pyrrole nitrogens is 1. The van der Waals surface area contributed by atoms with Gasteiger partial charge in [-0.3, -0.25) is 14.4 Å². The molecular formula is C24H25BrF3N5O5. The molecule has 2 aliphatic rings. The number of amides is 3. The van der Waals surface area contributed by atoms with Gasteiger partial charge in [-0.2, -0.15) is 13.2 Å². The summed E-state index contributed by atoms with van der Waals surface area (Å²) in [6.45, 7) is 5.09. The van der Waals surface area contributed by atoms with Crippen molar-refractivity contribution in [3.05, 3.63) is 50.8 Å². The number of aromatic amines is 1. The summed E-state index contributed by atoms with van der Waals surface area (Å²) in [5, 5.41) is 18.9. The molecule has 1 aromatic carbocycles. The largest absolute Gasteiger partial charge is 0.490 e. The van der Waals surface area contributed by atoms with E-state index in [1.807, 2.05) is 32.0 Å². The van der Waals surface area contributed by atoms with Crippen LogP contribution in [0.25, 0.3) is 11.6 Å². The number of nitrogens with one attached hydrogen (secondary N) is 5. The standard InChI is InChI=1S/C22H24BrN5O3.C2HF3O2/c1-11-18(8-16-15-7-13(23)3-4-17(15)28-21(16)30)27-12(2)20(11)22(31)24-6-5-14-9-26-19(29)10-25-14;3-2(4,5)1(6)7/h3-4,7-8,14,25,27H,5-6,9-10H2,1-2H3,(H,24,31)(H,26,29)(H,28,30);(H,6,7)/b16-8-;. The maximum atomic E-state index is 12.8. The maximum Gasteiger partial charge on any atom is 0.490 e. The minimum absolute atomic E-state index is 0.00793. The van der Waals surface area contributed by atoms with E-state index < -0.39 is 12.1 Å². The zero-order valence-electron chi connectivity index (χ0n) is 20.3. The third-order valence-electron chi connectivity index (χ3n) is 5.87. The van der Waals surface area contributed by atoms with Gasteiger partial charge in [-0.15, -0.1) is 0 Å². The SMILES string of the molecule is Cc1[nH]c(/C=C2\C(=O)Nc3ccc(Br)cc32)c(C)c1C(=O)NCCC1CNC(=O)CN1.O=C(O)C(F)(F)F. The number of hydrogen-bond donors (Lipinski definition) is 6. The highest BCUT2D eigenvalue weighted by Gasteiger charge is 2.38. The average Bonchev–Trinajstić information content (AvgIpc) is 3.29. The number of hydrogen-bond acceptors (Lipinski definition) is 5. The van der Waals surface area contributed by atoms with Gasteiger partial charge >= 0.3 is 12.1 Å². The topological polar surface area (TPSA) is 152 Å². The fraction of sp³-hybridized carbons (Fsp3) is 0.333. The van der Waals surface area contributed by atoms with Gasteiger partial charge in [-0.25, -0.2) is 4.79 Å². The third-order valence-corrected chi connectivity index (χ3v) is 6.37. The molecule has 3 amide bonds. The summed E-state index contributed by atoms with van der Waals surface area (Å²) in [6.07, 6.45) is -2.57. The van der Waals surface area contributed by atoms with E-state index in [9.17, 15) is 27.6 Å². The molecule has 1 unspecified atom stereocenters. The first-order chi connectivity index (χ1) is 17.8. The smallest absolute Gasteiger partial charge is 0.475 e. The predicted molar refractivity (Wildman–Crippen MR) is 136 cm³/mol. The van der Waals surface area contributed by atoms with Gasteiger partial charge in [0, 0.05) is 46.2 Å². The Morgan fingerprint density at radius 1 is 1.24 bits per heavy atom. The van der Waals surface area contributed by atoms with Crippen LogP contribution in [0.15, 0.2) is 22.7 Å². The number of fused-ring (bicyclic) bond motifs is 1. The highest BCUT2D eigenvalue weighted by Crippen LogP contribution is 2.35. The number of alkyl halides is 3. The van der Waals surface area contributed by atoms with E-state index in [2.05, 4.69) is 42.2 Å². The molecule has 0 spiro atoms. The van der Waals surface area contributed by atoms with Gasteiger partial charge in [0.2, 0.25) is 5.91 Å². The van der Waals surface area contributed by atoms with Gasteiger partial charge in [0.15, 0.2) is 0 Å². The van der Waals surface area contributed by atoms with Crippen LogP contribution in [0.4, 0.5) is 18.9 Å². The Morgan fingerprint density at radius 2 is 1.92 bits per heavy atom. The molecule has 6 N–H and O–H groups in total. The first-order valence-electron chi connectivity index (χ1n) is 11.4. The lowest BCUT2D eigenvalue weighted by Gasteiger charge is -2.24.